The Bertz CT molecular complexity index is 1230. The van der Waals surface area contributed by atoms with Crippen LogP contribution in [-0.2, 0) is 16.4 Å². The molecule has 1 atom stereocenters. The number of benzene rings is 2. The molecule has 1 fully saturated rings. The number of fused-ring (bicyclic) bond motifs is 1. The lowest BCUT2D eigenvalue weighted by molar-refractivity contribution is 0.248. The molecule has 0 aliphatic carbocycles. The third-order valence-corrected chi connectivity index (χ3v) is 10.6. The average Bonchev–Trinajstić information content (AvgIpc) is 3.13. The number of anilines is 1. The molecule has 33 heavy (non-hydrogen) atoms. The summed E-state index contributed by atoms with van der Waals surface area (Å²) in [7, 11) is -6.93. The van der Waals surface area contributed by atoms with E-state index >= 15 is 0 Å². The number of aromatic nitrogens is 1. The van der Waals surface area contributed by atoms with E-state index in [2.05, 4.69) is 14.8 Å². The van der Waals surface area contributed by atoms with Gasteiger partial charge in [-0.2, -0.15) is 10.6 Å². The van der Waals surface area contributed by atoms with Crippen LogP contribution >= 0.6 is 10.6 Å². The average molecular weight is 486 g/mol. The van der Waals surface area contributed by atoms with Crippen LogP contribution in [0, 0.1) is 0 Å². The Labute approximate surface area is 196 Å². The van der Waals surface area contributed by atoms with Crippen LogP contribution in [0.25, 0.3) is 0 Å². The molecule has 1 unspecified atom stereocenters. The second-order valence-electron chi connectivity index (χ2n) is 8.46. The molecule has 1 aromatic heterocycles. The van der Waals surface area contributed by atoms with Gasteiger partial charge in [0.15, 0.2) is 9.84 Å². The summed E-state index contributed by atoms with van der Waals surface area (Å²) in [6.45, 7) is 3.84. The molecule has 2 N–H and O–H groups in total. The van der Waals surface area contributed by atoms with E-state index in [4.69, 9.17) is 0 Å². The van der Waals surface area contributed by atoms with Gasteiger partial charge in [0.25, 0.3) is 0 Å². The molecular weight excluding hydrogens is 458 g/mol. The Morgan fingerprint density at radius 2 is 1.64 bits per heavy atom. The number of rotatable bonds is 5. The zero-order valence-electron chi connectivity index (χ0n) is 18.1. The normalized spacial score (nSPS) is 21.5. The second-order valence-corrected chi connectivity index (χ2v) is 12.7. The van der Waals surface area contributed by atoms with E-state index in [9.17, 15) is 17.5 Å². The van der Waals surface area contributed by atoms with Gasteiger partial charge in [0, 0.05) is 38.9 Å². The van der Waals surface area contributed by atoms with Gasteiger partial charge < -0.3 is 4.90 Å². The van der Waals surface area contributed by atoms with E-state index in [1.165, 1.54) is 0 Å². The van der Waals surface area contributed by atoms with Crippen molar-refractivity contribution in [3.05, 3.63) is 84.1 Å². The number of sulfone groups is 1. The monoisotopic (exact) mass is 485 g/mol. The van der Waals surface area contributed by atoms with E-state index in [0.29, 0.717) is 17.0 Å². The molecule has 2 aliphatic rings. The topological polar surface area (TPSA) is 94.0 Å². The molecule has 0 spiro atoms. The maximum atomic E-state index is 13.5. The Morgan fingerprint density at radius 1 is 0.909 bits per heavy atom. The fourth-order valence-corrected chi connectivity index (χ4v) is 9.20. The summed E-state index contributed by atoms with van der Waals surface area (Å²) in [5.41, 5.74) is 1.41. The van der Waals surface area contributed by atoms with Crippen LogP contribution in [0.15, 0.2) is 82.7 Å². The van der Waals surface area contributed by atoms with Gasteiger partial charge in [-0.05, 0) is 41.5 Å². The molecule has 7 nitrogen and oxygen atoms in total. The van der Waals surface area contributed by atoms with Gasteiger partial charge >= 0.3 is 0 Å². The van der Waals surface area contributed by atoms with Crippen LogP contribution in [0.2, 0.25) is 0 Å². The first-order valence-corrected chi connectivity index (χ1v) is 14.2. The Kier molecular flexibility index (Phi) is 5.92. The van der Waals surface area contributed by atoms with E-state index < -0.39 is 25.7 Å². The van der Waals surface area contributed by atoms with E-state index in [1.54, 1.807) is 48.7 Å². The molecule has 0 bridgehead atoms. The summed E-state index contributed by atoms with van der Waals surface area (Å²) in [5.74, 6) is 0.769. The highest BCUT2D eigenvalue weighted by molar-refractivity contribution is 8.25. The maximum Gasteiger partial charge on any atom is 0.187 e. The molecule has 0 radical (unpaired) electrons. The summed E-state index contributed by atoms with van der Waals surface area (Å²) < 4.78 is 48.5. The van der Waals surface area contributed by atoms with Crippen LogP contribution in [0.1, 0.15) is 16.4 Å². The van der Waals surface area contributed by atoms with Crippen molar-refractivity contribution in [1.29, 1.82) is 0 Å². The zero-order chi connectivity index (χ0) is 23.1. The highest BCUT2D eigenvalue weighted by Crippen LogP contribution is 2.62. The standard InChI is InChI=1S/C24H27N3O4S2/c28-32(29)18-22(33(30,31)20-8-2-1-3-9-20)24-19(7-6-10-21(24)32)17-26-13-15-27(16-14-26)23-11-4-5-12-25-23/h1-12,22,28-29H,13-18H2. The third-order valence-electron chi connectivity index (χ3n) is 6.40. The SMILES string of the molecule is O=S(=O)(c1ccccc1)C1CS(O)(O)c2cccc(CN3CCN(c4ccccn4)CC3)c21. The summed E-state index contributed by atoms with van der Waals surface area (Å²) in [6.07, 6.45) is 1.79. The van der Waals surface area contributed by atoms with Gasteiger partial charge in [-0.3, -0.25) is 14.0 Å². The molecule has 9 heteroatoms. The summed E-state index contributed by atoms with van der Waals surface area (Å²) in [5, 5.41) is -0.967. The van der Waals surface area contributed by atoms with Crippen LogP contribution in [0.5, 0.6) is 0 Å². The van der Waals surface area contributed by atoms with Gasteiger partial charge in [-0.15, -0.1) is 0 Å². The minimum absolute atomic E-state index is 0.190. The number of nitrogens with zero attached hydrogens (tertiary/aromatic N) is 3. The fourth-order valence-electron chi connectivity index (χ4n) is 4.70. The van der Waals surface area contributed by atoms with Crippen LogP contribution in [-0.4, -0.2) is 59.3 Å². The molecule has 1 saturated heterocycles. The van der Waals surface area contributed by atoms with E-state index in [-0.39, 0.29) is 10.6 Å². The molecule has 174 valence electrons. The number of hydrogen-bond acceptors (Lipinski definition) is 7. The van der Waals surface area contributed by atoms with Crippen molar-refractivity contribution >= 4 is 26.2 Å². The number of piperazine rings is 1. The minimum Gasteiger partial charge on any atom is -0.354 e. The van der Waals surface area contributed by atoms with Crippen molar-refractivity contribution in [1.82, 2.24) is 9.88 Å². The summed E-state index contributed by atoms with van der Waals surface area (Å²) in [6, 6.07) is 19.5. The lowest BCUT2D eigenvalue weighted by Crippen LogP contribution is -2.46. The smallest absolute Gasteiger partial charge is 0.187 e. The maximum absolute atomic E-state index is 13.5. The summed E-state index contributed by atoms with van der Waals surface area (Å²) >= 11 is 0. The van der Waals surface area contributed by atoms with E-state index in [1.807, 2.05) is 24.3 Å². The largest absolute Gasteiger partial charge is 0.354 e. The first kappa shape index (κ1) is 22.4. The molecule has 0 saturated carbocycles. The quantitative estimate of drug-likeness (QED) is 0.563. The van der Waals surface area contributed by atoms with Crippen LogP contribution in [0.3, 0.4) is 0 Å². The van der Waals surface area contributed by atoms with Crippen LogP contribution < -0.4 is 4.90 Å². The van der Waals surface area contributed by atoms with E-state index in [0.717, 1.165) is 37.6 Å². The van der Waals surface area contributed by atoms with Gasteiger partial charge in [-0.1, -0.05) is 36.4 Å². The highest BCUT2D eigenvalue weighted by Gasteiger charge is 2.44. The van der Waals surface area contributed by atoms with Crippen molar-refractivity contribution < 1.29 is 17.5 Å². The van der Waals surface area contributed by atoms with Gasteiger partial charge in [0.1, 0.15) is 11.1 Å². The van der Waals surface area contributed by atoms with Crippen molar-refractivity contribution in [2.75, 3.05) is 36.8 Å². The molecule has 3 heterocycles. The first-order valence-electron chi connectivity index (χ1n) is 10.9. The third kappa shape index (κ3) is 4.27. The fraction of sp³-hybridized carbons (Fsp3) is 0.292. The number of hydrogen-bond donors (Lipinski definition) is 2. The van der Waals surface area contributed by atoms with Crippen molar-refractivity contribution in [2.45, 2.75) is 21.6 Å². The first-order chi connectivity index (χ1) is 15.9. The van der Waals surface area contributed by atoms with Gasteiger partial charge in [0.05, 0.1) is 15.5 Å². The molecule has 5 rings (SSSR count). The number of pyridine rings is 1. The van der Waals surface area contributed by atoms with Crippen molar-refractivity contribution in [3.8, 4) is 0 Å². The van der Waals surface area contributed by atoms with Gasteiger partial charge in [-0.25, -0.2) is 13.4 Å². The highest BCUT2D eigenvalue weighted by atomic mass is 32.3. The molecule has 2 aromatic carbocycles. The molecule has 0 amide bonds. The molecule has 2 aliphatic heterocycles. The Hall–Kier alpha value is -2.43. The molecule has 3 aromatic rings. The lowest BCUT2D eigenvalue weighted by Gasteiger charge is -2.35. The lowest BCUT2D eigenvalue weighted by atomic mass is 10.0. The van der Waals surface area contributed by atoms with Crippen molar-refractivity contribution in [2.24, 2.45) is 0 Å². The van der Waals surface area contributed by atoms with Crippen molar-refractivity contribution in [3.63, 3.8) is 0 Å². The predicted molar refractivity (Wildman–Crippen MR) is 131 cm³/mol. The Balaban J connectivity index is 1.41. The Morgan fingerprint density at radius 3 is 2.33 bits per heavy atom. The zero-order valence-corrected chi connectivity index (χ0v) is 19.8. The minimum atomic E-state index is -3.77. The predicted octanol–water partition coefficient (Wildman–Crippen LogP) is 4.04. The van der Waals surface area contributed by atoms with Crippen LogP contribution in [0.4, 0.5) is 5.82 Å². The summed E-state index contributed by atoms with van der Waals surface area (Å²) in [4.78, 5) is 9.53. The molecular formula is C24H27N3O4S2. The second kappa shape index (κ2) is 8.73. The van der Waals surface area contributed by atoms with Gasteiger partial charge in [0.2, 0.25) is 0 Å².